The molecule has 2 rings (SSSR count). The molecule has 0 atom stereocenters. The Bertz CT molecular complexity index is 305. The molecule has 0 amide bonds. The van der Waals surface area contributed by atoms with Crippen LogP contribution in [0.2, 0.25) is 0 Å². The van der Waals surface area contributed by atoms with Crippen LogP contribution in [-0.4, -0.2) is 10.2 Å². The van der Waals surface area contributed by atoms with Gasteiger partial charge in [0.15, 0.2) is 6.29 Å². The Morgan fingerprint density at radius 2 is 1.69 bits per heavy atom. The number of aryl methyl sites for hydroxylation is 2. The van der Waals surface area contributed by atoms with Crippen LogP contribution in [0.1, 0.15) is 35.8 Å². The van der Waals surface area contributed by atoms with E-state index in [4.69, 9.17) is 10.2 Å². The largest absolute Gasteiger partial charge is 0.364 e. The Labute approximate surface area is 77.8 Å². The average Bonchev–Trinajstić information content (AvgIpc) is 2.17. The summed E-state index contributed by atoms with van der Waals surface area (Å²) in [6, 6.07) is 5.73. The number of aliphatic hydroxyl groups excluding tert-OH is 1. The summed E-state index contributed by atoms with van der Waals surface area (Å²) in [7, 11) is 0. The first kappa shape index (κ1) is 8.73. The molecule has 0 heterocycles. The van der Waals surface area contributed by atoms with E-state index in [9.17, 15) is 0 Å². The van der Waals surface area contributed by atoms with E-state index >= 15 is 0 Å². The monoisotopic (exact) mass is 178 g/mol. The van der Waals surface area contributed by atoms with Crippen molar-refractivity contribution in [3.63, 3.8) is 0 Å². The molecule has 1 aromatic carbocycles. The van der Waals surface area contributed by atoms with Crippen LogP contribution in [0.3, 0.4) is 0 Å². The van der Waals surface area contributed by atoms with E-state index in [-0.39, 0.29) is 0 Å². The molecular formula is C11H14O2. The molecular weight excluding hydrogens is 164 g/mol. The maximum absolute atomic E-state index is 8.98. The summed E-state index contributed by atoms with van der Waals surface area (Å²) in [5.74, 6) is 0. The van der Waals surface area contributed by atoms with Gasteiger partial charge >= 0.3 is 0 Å². The van der Waals surface area contributed by atoms with Crippen molar-refractivity contribution in [2.75, 3.05) is 0 Å². The number of benzene rings is 1. The molecule has 0 fully saturated rings. The zero-order valence-electron chi connectivity index (χ0n) is 7.53. The molecule has 0 aliphatic heterocycles. The number of rotatable bonds is 1. The fraction of sp³-hybridized carbons (Fsp3) is 0.455. The van der Waals surface area contributed by atoms with Gasteiger partial charge in [0.25, 0.3) is 0 Å². The lowest BCUT2D eigenvalue weighted by Crippen LogP contribution is -2.04. The lowest BCUT2D eigenvalue weighted by atomic mass is 9.90. The smallest absolute Gasteiger partial charge is 0.178 e. The van der Waals surface area contributed by atoms with Crippen LogP contribution in [0, 0.1) is 0 Å². The van der Waals surface area contributed by atoms with Gasteiger partial charge in [-0.15, -0.1) is 0 Å². The highest BCUT2D eigenvalue weighted by Gasteiger charge is 2.11. The molecule has 0 bridgehead atoms. The van der Waals surface area contributed by atoms with Crippen LogP contribution < -0.4 is 0 Å². The van der Waals surface area contributed by atoms with E-state index in [0.29, 0.717) is 5.56 Å². The van der Waals surface area contributed by atoms with Crippen molar-refractivity contribution >= 4 is 0 Å². The standard InChI is InChI=1S/C11H14O2/c12-11(13)10-6-5-8-3-1-2-4-9(8)7-10/h5-7,11-13H,1-4H2. The lowest BCUT2D eigenvalue weighted by molar-refractivity contribution is -0.0425. The van der Waals surface area contributed by atoms with Crippen molar-refractivity contribution in [3.8, 4) is 0 Å². The van der Waals surface area contributed by atoms with Gasteiger partial charge in [-0.05, 0) is 36.8 Å². The average molecular weight is 178 g/mol. The van der Waals surface area contributed by atoms with Gasteiger partial charge in [0, 0.05) is 5.56 Å². The second-order valence-corrected chi connectivity index (χ2v) is 3.61. The van der Waals surface area contributed by atoms with Crippen LogP contribution in [-0.2, 0) is 12.8 Å². The third-order valence-corrected chi connectivity index (χ3v) is 2.67. The Kier molecular flexibility index (Phi) is 2.34. The van der Waals surface area contributed by atoms with Gasteiger partial charge in [0.1, 0.15) is 0 Å². The van der Waals surface area contributed by atoms with Crippen LogP contribution in [0.5, 0.6) is 0 Å². The molecule has 70 valence electrons. The minimum absolute atomic E-state index is 0.612. The summed E-state index contributed by atoms with van der Waals surface area (Å²) in [5, 5.41) is 18.0. The van der Waals surface area contributed by atoms with Crippen molar-refractivity contribution in [2.24, 2.45) is 0 Å². The Morgan fingerprint density at radius 1 is 1.00 bits per heavy atom. The van der Waals surface area contributed by atoms with Gasteiger partial charge in [-0.25, -0.2) is 0 Å². The summed E-state index contributed by atoms with van der Waals surface area (Å²) < 4.78 is 0. The van der Waals surface area contributed by atoms with E-state index in [1.807, 2.05) is 12.1 Å². The number of aliphatic hydroxyl groups is 2. The van der Waals surface area contributed by atoms with Gasteiger partial charge in [-0.2, -0.15) is 0 Å². The molecule has 2 nitrogen and oxygen atoms in total. The first-order valence-corrected chi connectivity index (χ1v) is 4.75. The second kappa shape index (κ2) is 3.48. The van der Waals surface area contributed by atoms with Crippen LogP contribution >= 0.6 is 0 Å². The summed E-state index contributed by atoms with van der Waals surface area (Å²) in [6.45, 7) is 0. The molecule has 0 unspecified atom stereocenters. The summed E-state index contributed by atoms with van der Waals surface area (Å²) in [6.07, 6.45) is 3.37. The molecule has 0 spiro atoms. The number of fused-ring (bicyclic) bond motifs is 1. The van der Waals surface area contributed by atoms with Crippen LogP contribution in [0.4, 0.5) is 0 Å². The molecule has 2 N–H and O–H groups in total. The van der Waals surface area contributed by atoms with E-state index < -0.39 is 6.29 Å². The Morgan fingerprint density at radius 3 is 2.38 bits per heavy atom. The fourth-order valence-corrected chi connectivity index (χ4v) is 1.91. The minimum atomic E-state index is -1.33. The van der Waals surface area contributed by atoms with Crippen molar-refractivity contribution < 1.29 is 10.2 Å². The predicted octanol–water partition coefficient (Wildman–Crippen LogP) is 1.55. The third-order valence-electron chi connectivity index (χ3n) is 2.67. The van der Waals surface area contributed by atoms with Gasteiger partial charge < -0.3 is 10.2 Å². The summed E-state index contributed by atoms with van der Waals surface area (Å²) in [4.78, 5) is 0. The predicted molar refractivity (Wildman–Crippen MR) is 50.3 cm³/mol. The van der Waals surface area contributed by atoms with E-state index in [1.165, 1.54) is 24.0 Å². The zero-order valence-corrected chi connectivity index (χ0v) is 7.53. The molecule has 0 saturated carbocycles. The molecule has 1 aliphatic carbocycles. The van der Waals surface area contributed by atoms with Crippen molar-refractivity contribution in [2.45, 2.75) is 32.0 Å². The topological polar surface area (TPSA) is 40.5 Å². The molecule has 0 aromatic heterocycles. The Balaban J connectivity index is 2.35. The number of hydrogen-bond donors (Lipinski definition) is 2. The summed E-state index contributed by atoms with van der Waals surface area (Å²) in [5.41, 5.74) is 3.27. The van der Waals surface area contributed by atoms with E-state index in [1.54, 1.807) is 6.07 Å². The molecule has 13 heavy (non-hydrogen) atoms. The van der Waals surface area contributed by atoms with Gasteiger partial charge in [-0.1, -0.05) is 18.2 Å². The highest BCUT2D eigenvalue weighted by atomic mass is 16.5. The number of hydrogen-bond acceptors (Lipinski definition) is 2. The maximum atomic E-state index is 8.98. The summed E-state index contributed by atoms with van der Waals surface area (Å²) >= 11 is 0. The SMILES string of the molecule is OC(O)c1ccc2c(c1)CCCC2. The molecule has 0 saturated heterocycles. The van der Waals surface area contributed by atoms with Gasteiger partial charge in [0.2, 0.25) is 0 Å². The molecule has 2 heteroatoms. The maximum Gasteiger partial charge on any atom is 0.178 e. The van der Waals surface area contributed by atoms with Crippen molar-refractivity contribution in [1.82, 2.24) is 0 Å². The van der Waals surface area contributed by atoms with Crippen molar-refractivity contribution in [1.29, 1.82) is 0 Å². The van der Waals surface area contributed by atoms with Gasteiger partial charge in [0.05, 0.1) is 0 Å². The van der Waals surface area contributed by atoms with E-state index in [0.717, 1.165) is 12.8 Å². The highest BCUT2D eigenvalue weighted by Crippen LogP contribution is 2.23. The second-order valence-electron chi connectivity index (χ2n) is 3.61. The molecule has 0 radical (unpaired) electrons. The van der Waals surface area contributed by atoms with E-state index in [2.05, 4.69) is 0 Å². The van der Waals surface area contributed by atoms with Crippen LogP contribution in [0.15, 0.2) is 18.2 Å². The minimum Gasteiger partial charge on any atom is -0.364 e. The zero-order chi connectivity index (χ0) is 9.26. The first-order valence-electron chi connectivity index (χ1n) is 4.75. The third kappa shape index (κ3) is 1.74. The Hall–Kier alpha value is -0.860. The van der Waals surface area contributed by atoms with Crippen LogP contribution in [0.25, 0.3) is 0 Å². The lowest BCUT2D eigenvalue weighted by Gasteiger charge is -2.16. The highest BCUT2D eigenvalue weighted by molar-refractivity contribution is 5.34. The molecule has 1 aliphatic rings. The molecule has 1 aromatic rings. The first-order chi connectivity index (χ1) is 6.27. The fourth-order valence-electron chi connectivity index (χ4n) is 1.91. The van der Waals surface area contributed by atoms with Crippen molar-refractivity contribution in [3.05, 3.63) is 34.9 Å². The van der Waals surface area contributed by atoms with Gasteiger partial charge in [-0.3, -0.25) is 0 Å². The normalized spacial score (nSPS) is 15.9. The quantitative estimate of drug-likeness (QED) is 0.640.